The van der Waals surface area contributed by atoms with E-state index >= 15 is 0 Å². The summed E-state index contributed by atoms with van der Waals surface area (Å²) in [5.41, 5.74) is 3.01. The van der Waals surface area contributed by atoms with E-state index in [1.165, 1.54) is 6.07 Å². The normalized spacial score (nSPS) is 17.4. The first kappa shape index (κ1) is 27.4. The Morgan fingerprint density at radius 3 is 2.54 bits per heavy atom. The molecule has 1 atom stereocenters. The molecule has 0 spiro atoms. The fraction of sp³-hybridized carbons (Fsp3) is 0.346. The molecule has 1 aromatic heterocycles. The number of aromatic nitrogens is 2. The Morgan fingerprint density at radius 1 is 1.13 bits per heavy atom. The van der Waals surface area contributed by atoms with Crippen molar-refractivity contribution in [3.63, 3.8) is 0 Å². The predicted octanol–water partition coefficient (Wildman–Crippen LogP) is 2.97. The number of amides is 2. The Morgan fingerprint density at radius 2 is 1.87 bits per heavy atom. The van der Waals surface area contributed by atoms with Crippen LogP contribution in [0, 0.1) is 0 Å². The molecule has 0 aliphatic carbocycles. The third-order valence-electron chi connectivity index (χ3n) is 6.79. The number of nitrogens with one attached hydrogen (secondary N) is 1. The van der Waals surface area contributed by atoms with E-state index in [-0.39, 0.29) is 43.0 Å². The number of sulfonamides is 1. The summed E-state index contributed by atoms with van der Waals surface area (Å²) in [5, 5.41) is 5.32. The molecule has 0 saturated carbocycles. The summed E-state index contributed by atoms with van der Waals surface area (Å²) in [6.45, 7) is 1.20. The molecule has 0 radical (unpaired) electrons. The molecular weight excluding hydrogens is 565 g/mol. The van der Waals surface area contributed by atoms with Crippen molar-refractivity contribution in [1.29, 1.82) is 0 Å². The van der Waals surface area contributed by atoms with Crippen LogP contribution in [0.3, 0.4) is 0 Å². The van der Waals surface area contributed by atoms with Crippen LogP contribution in [-0.4, -0.2) is 72.3 Å². The summed E-state index contributed by atoms with van der Waals surface area (Å²) < 4.78 is 33.7. The summed E-state index contributed by atoms with van der Waals surface area (Å²) in [5.74, 6) is 0.185. The number of methoxy groups -OCH3 is 1. The van der Waals surface area contributed by atoms with Gasteiger partial charge in [-0.15, -0.1) is 0 Å². The van der Waals surface area contributed by atoms with Gasteiger partial charge in [0.1, 0.15) is 11.4 Å². The molecule has 0 saturated heterocycles. The molecule has 13 heteroatoms. The minimum Gasteiger partial charge on any atom is -0.497 e. The van der Waals surface area contributed by atoms with Gasteiger partial charge in [-0.25, -0.2) is 13.1 Å². The fourth-order valence-electron chi connectivity index (χ4n) is 5.01. The molecule has 0 fully saturated rings. The maximum absolute atomic E-state index is 14.0. The average Bonchev–Trinajstić information content (AvgIpc) is 3.19. The van der Waals surface area contributed by atoms with Crippen LogP contribution in [0.5, 0.6) is 5.75 Å². The Kier molecular flexibility index (Phi) is 7.60. The van der Waals surface area contributed by atoms with Crippen LogP contribution in [0.1, 0.15) is 37.7 Å². The van der Waals surface area contributed by atoms with E-state index in [1.54, 1.807) is 33.7 Å². The summed E-state index contributed by atoms with van der Waals surface area (Å²) in [6.07, 6.45) is 1.55. The van der Waals surface area contributed by atoms with Gasteiger partial charge in [-0.1, -0.05) is 35.3 Å². The first-order valence-corrected chi connectivity index (χ1v) is 14.9. The van der Waals surface area contributed by atoms with Crippen molar-refractivity contribution in [2.75, 3.05) is 26.5 Å². The molecule has 39 heavy (non-hydrogen) atoms. The molecule has 1 unspecified atom stereocenters. The van der Waals surface area contributed by atoms with E-state index in [9.17, 15) is 18.0 Å². The quantitative estimate of drug-likeness (QED) is 0.471. The average molecular weight is 593 g/mol. The van der Waals surface area contributed by atoms with Crippen LogP contribution < -0.4 is 9.46 Å². The largest absolute Gasteiger partial charge is 0.497 e. The fourth-order valence-corrected chi connectivity index (χ4v) is 6.07. The number of carbonyl (C=O) groups is 2. The summed E-state index contributed by atoms with van der Waals surface area (Å²) >= 11 is 12.1. The molecule has 0 bridgehead atoms. The van der Waals surface area contributed by atoms with E-state index in [4.69, 9.17) is 27.9 Å². The zero-order chi connectivity index (χ0) is 27.9. The molecule has 5 rings (SSSR count). The second-order valence-electron chi connectivity index (χ2n) is 9.68. The highest BCUT2D eigenvalue weighted by atomic mass is 35.5. The highest BCUT2D eigenvalue weighted by molar-refractivity contribution is 7.88. The van der Waals surface area contributed by atoms with Gasteiger partial charge in [0.25, 0.3) is 11.8 Å². The number of halogens is 2. The lowest BCUT2D eigenvalue weighted by Crippen LogP contribution is -2.45. The number of hydrogen-bond donors (Lipinski definition) is 1. The Labute approximate surface area is 236 Å². The number of ether oxygens (including phenoxy) is 1. The number of nitrogens with zero attached hydrogens (tertiary/aromatic N) is 4. The smallest absolute Gasteiger partial charge is 0.272 e. The molecule has 3 aromatic rings. The summed E-state index contributed by atoms with van der Waals surface area (Å²) in [4.78, 5) is 30.5. The van der Waals surface area contributed by atoms with Crippen molar-refractivity contribution < 1.29 is 22.7 Å². The minimum absolute atomic E-state index is 0.155. The van der Waals surface area contributed by atoms with Gasteiger partial charge in [-0.3, -0.25) is 14.3 Å². The molecule has 2 aromatic carbocycles. The van der Waals surface area contributed by atoms with E-state index in [1.807, 2.05) is 24.3 Å². The third kappa shape index (κ3) is 5.91. The Bertz CT molecular complexity index is 1540. The lowest BCUT2D eigenvalue weighted by atomic mass is 10.0. The van der Waals surface area contributed by atoms with Crippen molar-refractivity contribution in [1.82, 2.24) is 24.3 Å². The van der Waals surface area contributed by atoms with Gasteiger partial charge in [0.05, 0.1) is 48.2 Å². The van der Waals surface area contributed by atoms with E-state index in [2.05, 4.69) is 9.82 Å². The lowest BCUT2D eigenvalue weighted by molar-refractivity contribution is 0.0707. The van der Waals surface area contributed by atoms with Gasteiger partial charge in [0.2, 0.25) is 10.0 Å². The van der Waals surface area contributed by atoms with Gasteiger partial charge >= 0.3 is 0 Å². The highest BCUT2D eigenvalue weighted by Crippen LogP contribution is 2.29. The van der Waals surface area contributed by atoms with Gasteiger partial charge in [-0.2, -0.15) is 5.10 Å². The van der Waals surface area contributed by atoms with Crippen molar-refractivity contribution in [3.8, 4) is 5.75 Å². The Balaban J connectivity index is 1.47. The van der Waals surface area contributed by atoms with Gasteiger partial charge in [0, 0.05) is 37.2 Å². The van der Waals surface area contributed by atoms with Gasteiger partial charge in [0.15, 0.2) is 0 Å². The number of benzene rings is 2. The van der Waals surface area contributed by atoms with Crippen LogP contribution in [0.15, 0.2) is 42.5 Å². The first-order chi connectivity index (χ1) is 18.5. The predicted molar refractivity (Wildman–Crippen MR) is 147 cm³/mol. The SMILES string of the molecule is COc1ccc(CN2CC(NS(C)(=O)=O)Cn3nc4c(c3C2=O)CN(C(=O)c2ccc(Cl)c(Cl)c2)CC4)cc1. The van der Waals surface area contributed by atoms with E-state index in [0.29, 0.717) is 40.6 Å². The molecule has 10 nitrogen and oxygen atoms in total. The van der Waals surface area contributed by atoms with Crippen molar-refractivity contribution >= 4 is 45.0 Å². The van der Waals surface area contributed by atoms with Crippen LogP contribution in [0.2, 0.25) is 10.0 Å². The maximum atomic E-state index is 14.0. The maximum Gasteiger partial charge on any atom is 0.272 e. The lowest BCUT2D eigenvalue weighted by Gasteiger charge is -2.28. The second-order valence-corrected chi connectivity index (χ2v) is 12.3. The zero-order valence-electron chi connectivity index (χ0n) is 21.4. The van der Waals surface area contributed by atoms with Crippen LogP contribution in [0.4, 0.5) is 0 Å². The first-order valence-electron chi connectivity index (χ1n) is 12.2. The minimum atomic E-state index is -3.54. The van der Waals surface area contributed by atoms with Crippen LogP contribution >= 0.6 is 23.2 Å². The molecular formula is C26H27Cl2N5O5S. The molecule has 2 aliphatic heterocycles. The molecule has 1 N–H and O–H groups in total. The number of fused-ring (bicyclic) bond motifs is 3. The highest BCUT2D eigenvalue weighted by Gasteiger charge is 2.36. The standard InChI is InChI=1S/C26H27Cl2N5O5S/c1-38-19-6-3-16(4-7-19)12-32-13-18(30-39(2,36)37)14-33-24(26(32)35)20-15-31(10-9-23(20)29-33)25(34)17-5-8-21(27)22(28)11-17/h3-8,11,18,30H,9-10,12-15H2,1-2H3. The van der Waals surface area contributed by atoms with Crippen LogP contribution in [-0.2, 0) is 36.1 Å². The van der Waals surface area contributed by atoms with Crippen LogP contribution in [0.25, 0.3) is 0 Å². The monoisotopic (exact) mass is 591 g/mol. The van der Waals surface area contributed by atoms with Crippen molar-refractivity contribution in [2.45, 2.75) is 32.1 Å². The second kappa shape index (κ2) is 10.8. The molecule has 3 heterocycles. The molecule has 2 amide bonds. The molecule has 206 valence electrons. The van der Waals surface area contributed by atoms with Gasteiger partial charge < -0.3 is 14.5 Å². The third-order valence-corrected chi connectivity index (χ3v) is 8.29. The topological polar surface area (TPSA) is 114 Å². The molecule has 2 aliphatic rings. The van der Waals surface area contributed by atoms with E-state index < -0.39 is 16.1 Å². The van der Waals surface area contributed by atoms with E-state index in [0.717, 1.165) is 17.5 Å². The van der Waals surface area contributed by atoms with Crippen molar-refractivity contribution in [2.24, 2.45) is 0 Å². The number of rotatable bonds is 6. The number of carbonyl (C=O) groups excluding carboxylic acids is 2. The van der Waals surface area contributed by atoms with Crippen molar-refractivity contribution in [3.05, 3.63) is 80.6 Å². The summed E-state index contributed by atoms with van der Waals surface area (Å²) in [6, 6.07) is 11.5. The zero-order valence-corrected chi connectivity index (χ0v) is 23.7. The Hall–Kier alpha value is -3.12. The van der Waals surface area contributed by atoms with Gasteiger partial charge in [-0.05, 0) is 35.9 Å². The summed E-state index contributed by atoms with van der Waals surface area (Å²) in [7, 11) is -1.97. The number of hydrogen-bond acceptors (Lipinski definition) is 6.